The highest BCUT2D eigenvalue weighted by Crippen LogP contribution is 2.17. The number of hydrogen-bond donors (Lipinski definition) is 0. The van der Waals surface area contributed by atoms with Gasteiger partial charge in [0.15, 0.2) is 0 Å². The Bertz CT molecular complexity index is 1300. The van der Waals surface area contributed by atoms with Crippen LogP contribution in [-0.4, -0.2) is 78.6 Å². The van der Waals surface area contributed by atoms with Gasteiger partial charge in [0.25, 0.3) is 0 Å². The number of allylic oxidation sites excluding steroid dienone is 6. The highest BCUT2D eigenvalue weighted by atomic mass is 16.5. The molecule has 1 radical (unpaired) electrons. The highest BCUT2D eigenvalue weighted by Gasteiger charge is 2.04. The van der Waals surface area contributed by atoms with Gasteiger partial charge in [0, 0.05) is 45.9 Å². The second-order valence-electron chi connectivity index (χ2n) is 25.7. The molecule has 0 aliphatic heterocycles. The molecule has 509 valence electrons. The van der Waals surface area contributed by atoms with Gasteiger partial charge in [0.1, 0.15) is 0 Å². The topological polar surface area (TPSA) is 72.5 Å². The number of esters is 1. The van der Waals surface area contributed by atoms with E-state index in [9.17, 15) is 4.79 Å². The Balaban J connectivity index is 3.18. The fourth-order valence-electron chi connectivity index (χ4n) is 11.3. The van der Waals surface area contributed by atoms with Gasteiger partial charge in [0.2, 0.25) is 0 Å². The SMILES string of the molecule is CCCCCCCCC=CCCCCCCCCOCCOCCCCCCCCC=CCCCCCCCCOCCOCCCCCCCCC=CCCCCCCCCOC[CH]COC(=O)CCCCCCCCCCCCCCCCC. The zero-order valence-corrected chi connectivity index (χ0v) is 58.2. The summed E-state index contributed by atoms with van der Waals surface area (Å²) in [7, 11) is 0. The summed E-state index contributed by atoms with van der Waals surface area (Å²) in [5.74, 6) is -0.0642. The third-order valence-corrected chi connectivity index (χ3v) is 17.1. The van der Waals surface area contributed by atoms with E-state index in [4.69, 9.17) is 28.4 Å². The molecule has 86 heavy (non-hydrogen) atoms. The van der Waals surface area contributed by atoms with Crippen molar-refractivity contribution in [3.05, 3.63) is 42.9 Å². The minimum atomic E-state index is -0.0642. The highest BCUT2D eigenvalue weighted by molar-refractivity contribution is 5.69. The number of carbonyl (C=O) groups is 1. The van der Waals surface area contributed by atoms with Crippen molar-refractivity contribution in [1.82, 2.24) is 0 Å². The van der Waals surface area contributed by atoms with E-state index in [1.807, 2.05) is 6.42 Å². The van der Waals surface area contributed by atoms with Gasteiger partial charge >= 0.3 is 5.97 Å². The lowest BCUT2D eigenvalue weighted by Crippen LogP contribution is -2.08. The molecule has 0 aliphatic rings. The first kappa shape index (κ1) is 84.5. The van der Waals surface area contributed by atoms with Crippen molar-refractivity contribution in [2.45, 2.75) is 386 Å². The monoisotopic (exact) mass is 1210 g/mol. The van der Waals surface area contributed by atoms with Crippen molar-refractivity contribution < 1.29 is 33.2 Å². The molecule has 0 N–H and O–H groups in total. The molecule has 0 fully saturated rings. The Morgan fingerprint density at radius 3 is 0.686 bits per heavy atom. The molecule has 0 atom stereocenters. The van der Waals surface area contributed by atoms with Crippen molar-refractivity contribution in [1.29, 1.82) is 0 Å². The fourth-order valence-corrected chi connectivity index (χ4v) is 11.3. The molecule has 0 saturated carbocycles. The van der Waals surface area contributed by atoms with Gasteiger partial charge in [-0.1, -0.05) is 301 Å². The van der Waals surface area contributed by atoms with Crippen LogP contribution in [0.2, 0.25) is 0 Å². The van der Waals surface area contributed by atoms with Crippen molar-refractivity contribution >= 4 is 5.97 Å². The first-order chi connectivity index (χ1) is 42.8. The first-order valence-corrected chi connectivity index (χ1v) is 38.6. The Hall–Kier alpha value is -1.51. The zero-order chi connectivity index (χ0) is 61.6. The lowest BCUT2D eigenvalue weighted by molar-refractivity contribution is -0.143. The summed E-state index contributed by atoms with van der Waals surface area (Å²) in [6.45, 7) is 12.8. The van der Waals surface area contributed by atoms with Crippen LogP contribution in [0.5, 0.6) is 0 Å². The normalized spacial score (nSPS) is 12.0. The van der Waals surface area contributed by atoms with Crippen LogP contribution in [-0.2, 0) is 33.2 Å². The van der Waals surface area contributed by atoms with E-state index in [-0.39, 0.29) is 5.97 Å². The summed E-state index contributed by atoms with van der Waals surface area (Å²) in [6.07, 6.45) is 92.0. The van der Waals surface area contributed by atoms with Gasteiger partial charge in [-0.3, -0.25) is 4.79 Å². The number of rotatable bonds is 78. The average molecular weight is 1210 g/mol. The van der Waals surface area contributed by atoms with Crippen LogP contribution < -0.4 is 0 Å². The van der Waals surface area contributed by atoms with Gasteiger partial charge < -0.3 is 28.4 Å². The van der Waals surface area contributed by atoms with Gasteiger partial charge in [-0.05, 0) is 116 Å². The average Bonchev–Trinajstić information content (AvgIpc) is 3.52. The van der Waals surface area contributed by atoms with E-state index < -0.39 is 0 Å². The van der Waals surface area contributed by atoms with Crippen LogP contribution in [0, 0.1) is 6.42 Å². The molecule has 0 saturated heterocycles. The lowest BCUT2D eigenvalue weighted by Gasteiger charge is -2.06. The Labute approximate surface area is 538 Å². The number of ether oxygens (including phenoxy) is 6. The van der Waals surface area contributed by atoms with Crippen molar-refractivity contribution in [3.63, 3.8) is 0 Å². The Morgan fingerprint density at radius 2 is 0.430 bits per heavy atom. The maximum atomic E-state index is 12.0. The van der Waals surface area contributed by atoms with E-state index in [0.717, 1.165) is 78.7 Å². The van der Waals surface area contributed by atoms with Crippen LogP contribution in [0.3, 0.4) is 0 Å². The molecule has 0 unspecified atom stereocenters. The summed E-state index contributed by atoms with van der Waals surface area (Å²) in [6, 6.07) is 0. The van der Waals surface area contributed by atoms with Crippen LogP contribution in [0.25, 0.3) is 0 Å². The van der Waals surface area contributed by atoms with Crippen molar-refractivity contribution in [2.24, 2.45) is 0 Å². The summed E-state index contributed by atoms with van der Waals surface area (Å²) >= 11 is 0. The largest absolute Gasteiger partial charge is 0.465 e. The maximum absolute atomic E-state index is 12.0. The van der Waals surface area contributed by atoms with E-state index in [0.29, 0.717) is 19.6 Å². The van der Waals surface area contributed by atoms with Gasteiger partial charge in [-0.2, -0.15) is 0 Å². The lowest BCUT2D eigenvalue weighted by atomic mass is 10.0. The second-order valence-corrected chi connectivity index (χ2v) is 25.7. The molecule has 0 bridgehead atoms. The fraction of sp³-hybridized carbons (Fsp3) is 0.899. The Morgan fingerprint density at radius 1 is 0.221 bits per heavy atom. The summed E-state index contributed by atoms with van der Waals surface area (Å²) < 4.78 is 34.3. The van der Waals surface area contributed by atoms with Gasteiger partial charge in [0.05, 0.1) is 39.6 Å². The molecule has 0 spiro atoms. The number of carbonyl (C=O) groups excluding carboxylic acids is 1. The van der Waals surface area contributed by atoms with E-state index in [1.54, 1.807) is 0 Å². The quantitative estimate of drug-likeness (QED) is 0.0341. The molecule has 0 aromatic heterocycles. The minimum Gasteiger partial charge on any atom is -0.465 e. The van der Waals surface area contributed by atoms with Crippen LogP contribution in [0.4, 0.5) is 0 Å². The molecule has 7 heteroatoms. The maximum Gasteiger partial charge on any atom is 0.305 e. The minimum absolute atomic E-state index is 0.0642. The summed E-state index contributed by atoms with van der Waals surface area (Å²) in [5.41, 5.74) is 0. The third-order valence-electron chi connectivity index (χ3n) is 17.1. The molecular weight excluding hydrogens is 1060 g/mol. The number of unbranched alkanes of at least 4 members (excludes halogenated alkanes) is 50. The van der Waals surface area contributed by atoms with E-state index >= 15 is 0 Å². The smallest absolute Gasteiger partial charge is 0.305 e. The van der Waals surface area contributed by atoms with Crippen LogP contribution in [0.1, 0.15) is 386 Å². The molecule has 7 nitrogen and oxygen atoms in total. The number of hydrogen-bond acceptors (Lipinski definition) is 7. The predicted octanol–water partition coefficient (Wildman–Crippen LogP) is 25.2. The summed E-state index contributed by atoms with van der Waals surface area (Å²) in [4.78, 5) is 12.0. The molecule has 0 rings (SSSR count). The van der Waals surface area contributed by atoms with Crippen molar-refractivity contribution in [2.75, 3.05) is 72.7 Å². The standard InChI is InChI=1S/C79H151O7/c1-3-5-7-9-11-13-15-17-19-25-32-38-44-50-56-62-69-82-75-76-83-71-64-58-52-46-40-34-28-22-23-29-35-41-47-53-59-65-72-85-78-77-84-70-63-57-51-45-39-33-27-21-20-26-31-37-43-49-55-61-68-81-73-66-74-86-79(80)67-60-54-48-42-36-30-24-18-16-14-12-10-8-6-4-2/h17,19-23,66H,3-16,18,24-65,67-78H2,1-2H3. The first-order valence-electron chi connectivity index (χ1n) is 38.6. The van der Waals surface area contributed by atoms with Crippen molar-refractivity contribution in [3.8, 4) is 0 Å². The molecular formula is C79H151O7. The van der Waals surface area contributed by atoms with Gasteiger partial charge in [-0.25, -0.2) is 0 Å². The Kier molecular flexibility index (Phi) is 80.1. The zero-order valence-electron chi connectivity index (χ0n) is 58.2. The predicted molar refractivity (Wildman–Crippen MR) is 376 cm³/mol. The molecule has 0 heterocycles. The van der Waals surface area contributed by atoms with Crippen LogP contribution >= 0.6 is 0 Å². The van der Waals surface area contributed by atoms with Gasteiger partial charge in [-0.15, -0.1) is 0 Å². The molecule has 0 aliphatic carbocycles. The summed E-state index contributed by atoms with van der Waals surface area (Å²) in [5, 5.41) is 0. The van der Waals surface area contributed by atoms with E-state index in [2.05, 4.69) is 50.3 Å². The van der Waals surface area contributed by atoms with E-state index in [1.165, 1.54) is 347 Å². The third kappa shape index (κ3) is 80.5. The molecule has 0 aromatic rings. The second kappa shape index (κ2) is 81.5. The molecule has 0 aromatic carbocycles. The molecule has 0 amide bonds. The van der Waals surface area contributed by atoms with Crippen LogP contribution in [0.15, 0.2) is 36.5 Å².